The number of thiol groups is 1. The van der Waals surface area contributed by atoms with Crippen LogP contribution in [0.4, 0.5) is 0 Å². The maximum atomic E-state index is 4.27. The Bertz CT molecular complexity index is 112. The first-order chi connectivity index (χ1) is 5.58. The van der Waals surface area contributed by atoms with E-state index in [4.69, 9.17) is 0 Å². The highest BCUT2D eigenvalue weighted by atomic mass is 32.1. The van der Waals surface area contributed by atoms with E-state index in [0.29, 0.717) is 0 Å². The molecule has 0 aromatic rings. The molecule has 0 aromatic heterocycles. The summed E-state index contributed by atoms with van der Waals surface area (Å²) in [6, 6.07) is 1.43. The molecule has 0 amide bonds. The highest BCUT2D eigenvalue weighted by molar-refractivity contribution is 7.80. The van der Waals surface area contributed by atoms with Gasteiger partial charge in [-0.25, -0.2) is 0 Å². The van der Waals surface area contributed by atoms with E-state index in [0.717, 1.165) is 11.3 Å². The first kappa shape index (κ1) is 12.6. The molecule has 0 rings (SSSR count). The van der Waals surface area contributed by atoms with E-state index in [1.807, 2.05) is 0 Å². The van der Waals surface area contributed by atoms with Gasteiger partial charge < -0.3 is 0 Å². The third-order valence-corrected chi connectivity index (χ3v) is 8.27. The van der Waals surface area contributed by atoms with Crippen LogP contribution in [0.5, 0.6) is 0 Å². The molecule has 0 aliphatic rings. The quantitative estimate of drug-likeness (QED) is 0.486. The molecule has 2 heteroatoms. The fourth-order valence-electron chi connectivity index (χ4n) is 1.77. The number of hydrogen-bond acceptors (Lipinski definition) is 1. The first-order valence-corrected chi connectivity index (χ1v) is 9.11. The van der Waals surface area contributed by atoms with E-state index in [-0.39, 0.29) is 0 Å². The summed E-state index contributed by atoms with van der Waals surface area (Å²) < 4.78 is 0. The van der Waals surface area contributed by atoms with Crippen LogP contribution in [0.2, 0.25) is 24.7 Å². The number of hydrogen-bond donors (Lipinski definition) is 1. The van der Waals surface area contributed by atoms with E-state index in [1.54, 1.807) is 0 Å². The van der Waals surface area contributed by atoms with Gasteiger partial charge in [0, 0.05) is 0 Å². The summed E-state index contributed by atoms with van der Waals surface area (Å²) in [6.07, 6.45) is 4.09. The van der Waals surface area contributed by atoms with Gasteiger partial charge in [-0.1, -0.05) is 45.8 Å². The second-order valence-corrected chi connectivity index (χ2v) is 10.3. The minimum absolute atomic E-state index is 0.878. The molecule has 0 N–H and O–H groups in total. The standard InChI is InChI=1S/C10H24SSi/c1-5-10(8-7-9-11)12(3,4)6-2/h10-11H,5-9H2,1-4H3. The van der Waals surface area contributed by atoms with Crippen LogP contribution in [0, 0.1) is 0 Å². The average Bonchev–Trinajstić information content (AvgIpc) is 2.05. The third-order valence-electron chi connectivity index (χ3n) is 3.22. The van der Waals surface area contributed by atoms with Crippen molar-refractivity contribution in [3.8, 4) is 0 Å². The molecular weight excluding hydrogens is 180 g/mol. The maximum Gasteiger partial charge on any atom is 0.0502 e. The molecule has 0 nitrogen and oxygen atoms in total. The van der Waals surface area contributed by atoms with Gasteiger partial charge in [-0.15, -0.1) is 0 Å². The van der Waals surface area contributed by atoms with Crippen molar-refractivity contribution in [3.05, 3.63) is 0 Å². The highest BCUT2D eigenvalue weighted by Crippen LogP contribution is 2.32. The Balaban J connectivity index is 3.95. The maximum absolute atomic E-state index is 4.27. The van der Waals surface area contributed by atoms with Crippen LogP contribution >= 0.6 is 12.6 Å². The molecule has 1 atom stereocenters. The van der Waals surface area contributed by atoms with Crippen molar-refractivity contribution in [1.29, 1.82) is 0 Å². The average molecular weight is 204 g/mol. The molecule has 0 fully saturated rings. The number of rotatable bonds is 6. The van der Waals surface area contributed by atoms with Crippen LogP contribution in [0.1, 0.15) is 33.1 Å². The molecule has 1 unspecified atom stereocenters. The van der Waals surface area contributed by atoms with Crippen molar-refractivity contribution in [1.82, 2.24) is 0 Å². The fraction of sp³-hybridized carbons (Fsp3) is 1.00. The van der Waals surface area contributed by atoms with Gasteiger partial charge in [0.05, 0.1) is 8.07 Å². The molecular formula is C10H24SSi. The van der Waals surface area contributed by atoms with Crippen LogP contribution in [0.25, 0.3) is 0 Å². The normalized spacial score (nSPS) is 14.8. The third kappa shape index (κ3) is 3.99. The predicted octanol–water partition coefficient (Wildman–Crippen LogP) is 4.20. The van der Waals surface area contributed by atoms with E-state index in [9.17, 15) is 0 Å². The van der Waals surface area contributed by atoms with E-state index in [1.165, 1.54) is 25.3 Å². The monoisotopic (exact) mass is 204 g/mol. The lowest BCUT2D eigenvalue weighted by atomic mass is 10.2. The molecule has 0 aliphatic heterocycles. The Hall–Kier alpha value is 0.567. The van der Waals surface area contributed by atoms with Crippen LogP contribution in [0.15, 0.2) is 0 Å². The molecule has 0 aromatic carbocycles. The van der Waals surface area contributed by atoms with Gasteiger partial charge in [-0.2, -0.15) is 12.6 Å². The molecule has 74 valence electrons. The van der Waals surface area contributed by atoms with Crippen LogP contribution in [-0.4, -0.2) is 13.8 Å². The molecule has 0 saturated carbocycles. The van der Waals surface area contributed by atoms with Crippen molar-refractivity contribution in [3.63, 3.8) is 0 Å². The Labute approximate surface area is 84.6 Å². The summed E-state index contributed by atoms with van der Waals surface area (Å²) in [5, 5.41) is 0. The first-order valence-electron chi connectivity index (χ1n) is 5.19. The minimum atomic E-state index is -0.878. The van der Waals surface area contributed by atoms with Gasteiger partial charge in [0.25, 0.3) is 0 Å². The molecule has 0 aliphatic carbocycles. The van der Waals surface area contributed by atoms with Gasteiger partial charge in [-0.3, -0.25) is 0 Å². The molecule has 0 heterocycles. The van der Waals surface area contributed by atoms with Crippen molar-refractivity contribution < 1.29 is 0 Å². The van der Waals surface area contributed by atoms with Gasteiger partial charge in [0.2, 0.25) is 0 Å². The second-order valence-electron chi connectivity index (χ2n) is 4.31. The Morgan fingerprint density at radius 3 is 2.17 bits per heavy atom. The Morgan fingerprint density at radius 2 is 1.83 bits per heavy atom. The smallest absolute Gasteiger partial charge is 0.0502 e. The minimum Gasteiger partial charge on any atom is -0.179 e. The highest BCUT2D eigenvalue weighted by Gasteiger charge is 2.27. The zero-order valence-electron chi connectivity index (χ0n) is 9.06. The Morgan fingerprint density at radius 1 is 1.25 bits per heavy atom. The van der Waals surface area contributed by atoms with E-state index in [2.05, 4.69) is 39.6 Å². The van der Waals surface area contributed by atoms with Crippen molar-refractivity contribution in [2.75, 3.05) is 5.75 Å². The predicted molar refractivity (Wildman–Crippen MR) is 65.1 cm³/mol. The van der Waals surface area contributed by atoms with Crippen LogP contribution < -0.4 is 0 Å². The molecule has 0 saturated heterocycles. The summed E-state index contributed by atoms with van der Waals surface area (Å²) >= 11 is 4.27. The largest absolute Gasteiger partial charge is 0.179 e. The molecule has 12 heavy (non-hydrogen) atoms. The van der Waals surface area contributed by atoms with Crippen molar-refractivity contribution in [2.24, 2.45) is 0 Å². The lowest BCUT2D eigenvalue weighted by molar-refractivity contribution is 0.677. The lowest BCUT2D eigenvalue weighted by Crippen LogP contribution is -2.31. The summed E-state index contributed by atoms with van der Waals surface area (Å²) in [4.78, 5) is 0. The van der Waals surface area contributed by atoms with Gasteiger partial charge in [0.1, 0.15) is 0 Å². The molecule has 0 spiro atoms. The second kappa shape index (κ2) is 6.09. The van der Waals surface area contributed by atoms with Gasteiger partial charge in [0.15, 0.2) is 0 Å². The van der Waals surface area contributed by atoms with E-state index < -0.39 is 8.07 Å². The summed E-state index contributed by atoms with van der Waals surface area (Å²) in [6.45, 7) is 9.75. The van der Waals surface area contributed by atoms with Crippen molar-refractivity contribution >= 4 is 20.7 Å². The zero-order valence-corrected chi connectivity index (χ0v) is 11.0. The topological polar surface area (TPSA) is 0 Å². The zero-order chi connectivity index (χ0) is 9.61. The Kier molecular flexibility index (Phi) is 6.37. The lowest BCUT2D eigenvalue weighted by Gasteiger charge is -2.30. The van der Waals surface area contributed by atoms with Gasteiger partial charge >= 0.3 is 0 Å². The fourth-order valence-corrected chi connectivity index (χ4v) is 4.62. The van der Waals surface area contributed by atoms with Crippen LogP contribution in [0.3, 0.4) is 0 Å². The molecule has 0 bridgehead atoms. The summed E-state index contributed by atoms with van der Waals surface area (Å²) in [5.74, 6) is 1.06. The summed E-state index contributed by atoms with van der Waals surface area (Å²) in [5.41, 5.74) is 1.02. The summed E-state index contributed by atoms with van der Waals surface area (Å²) in [7, 11) is -0.878. The van der Waals surface area contributed by atoms with Crippen molar-refractivity contribution in [2.45, 2.75) is 57.8 Å². The van der Waals surface area contributed by atoms with Crippen LogP contribution in [-0.2, 0) is 0 Å². The van der Waals surface area contributed by atoms with E-state index >= 15 is 0 Å². The molecule has 0 radical (unpaired) electrons. The SMILES string of the molecule is CCC(CCCS)[Si](C)(C)CC. The van der Waals surface area contributed by atoms with Gasteiger partial charge in [-0.05, 0) is 17.7 Å².